The molecule has 0 radical (unpaired) electrons. The first-order valence-corrected chi connectivity index (χ1v) is 7.25. The molecule has 2 aromatic rings. The van der Waals surface area contributed by atoms with Crippen LogP contribution in [-0.4, -0.2) is 23.6 Å². The first kappa shape index (κ1) is 15.1. The number of amides is 1. The molecule has 0 spiro atoms. The molecule has 1 amide bonds. The average Bonchev–Trinajstić information content (AvgIpc) is 2.89. The van der Waals surface area contributed by atoms with Crippen LogP contribution in [0, 0.1) is 0 Å². The largest absolute Gasteiger partial charge is 0.484 e. The Kier molecular flexibility index (Phi) is 4.94. The summed E-state index contributed by atoms with van der Waals surface area (Å²) < 4.78 is 5.32. The van der Waals surface area contributed by atoms with Crippen molar-refractivity contribution < 1.29 is 19.4 Å². The Bertz CT molecular complexity index is 636. The summed E-state index contributed by atoms with van der Waals surface area (Å²) >= 11 is 1.27. The molecule has 110 valence electrons. The van der Waals surface area contributed by atoms with E-state index in [1.165, 1.54) is 11.3 Å². The molecule has 0 saturated carbocycles. The fourth-order valence-corrected chi connectivity index (χ4v) is 2.70. The van der Waals surface area contributed by atoms with E-state index >= 15 is 0 Å². The van der Waals surface area contributed by atoms with Crippen LogP contribution in [-0.2, 0) is 11.2 Å². The molecule has 0 unspecified atom stereocenters. The lowest BCUT2D eigenvalue weighted by Crippen LogP contribution is -2.20. The predicted molar refractivity (Wildman–Crippen MR) is 81.2 cm³/mol. The van der Waals surface area contributed by atoms with Gasteiger partial charge in [-0.25, -0.2) is 4.79 Å². The monoisotopic (exact) mass is 305 g/mol. The standard InChI is InChI=1S/C15H15NO4S/c1-2-11-8-12(15(18)19)14(21-11)16-13(17)9-20-10-6-4-3-5-7-10/h3-8H,2,9H2,1H3,(H,16,17)(H,18,19). The summed E-state index contributed by atoms with van der Waals surface area (Å²) in [6.07, 6.45) is 0.724. The number of aryl methyl sites for hydroxylation is 1. The summed E-state index contributed by atoms with van der Waals surface area (Å²) in [5.74, 6) is -0.845. The van der Waals surface area contributed by atoms with E-state index in [1.54, 1.807) is 18.2 Å². The molecular weight excluding hydrogens is 290 g/mol. The van der Waals surface area contributed by atoms with E-state index in [0.717, 1.165) is 11.3 Å². The maximum absolute atomic E-state index is 11.8. The van der Waals surface area contributed by atoms with Gasteiger partial charge in [0.25, 0.3) is 5.91 Å². The number of thiophene rings is 1. The summed E-state index contributed by atoms with van der Waals surface area (Å²) in [7, 11) is 0. The van der Waals surface area contributed by atoms with Gasteiger partial charge in [0.05, 0.1) is 5.56 Å². The van der Waals surface area contributed by atoms with Crippen molar-refractivity contribution >= 4 is 28.2 Å². The number of carbonyl (C=O) groups is 2. The van der Waals surface area contributed by atoms with Gasteiger partial charge in [-0.1, -0.05) is 25.1 Å². The van der Waals surface area contributed by atoms with E-state index in [0.29, 0.717) is 10.8 Å². The molecule has 1 heterocycles. The van der Waals surface area contributed by atoms with Crippen molar-refractivity contribution in [3.05, 3.63) is 46.8 Å². The molecule has 0 saturated heterocycles. The highest BCUT2D eigenvalue weighted by Gasteiger charge is 2.16. The molecule has 0 aliphatic carbocycles. The van der Waals surface area contributed by atoms with Crippen molar-refractivity contribution in [3.8, 4) is 5.75 Å². The first-order valence-electron chi connectivity index (χ1n) is 6.44. The van der Waals surface area contributed by atoms with Crippen LogP contribution in [0.2, 0.25) is 0 Å². The topological polar surface area (TPSA) is 75.6 Å². The third-order valence-electron chi connectivity index (χ3n) is 2.73. The smallest absolute Gasteiger partial charge is 0.338 e. The lowest BCUT2D eigenvalue weighted by molar-refractivity contribution is -0.118. The van der Waals surface area contributed by atoms with Gasteiger partial charge in [-0.2, -0.15) is 0 Å². The number of carboxylic acid groups (broad SMARTS) is 1. The van der Waals surface area contributed by atoms with Crippen LogP contribution in [0.1, 0.15) is 22.2 Å². The van der Waals surface area contributed by atoms with Gasteiger partial charge in [0, 0.05) is 4.88 Å². The van der Waals surface area contributed by atoms with Crippen LogP contribution in [0.25, 0.3) is 0 Å². The number of benzene rings is 1. The van der Waals surface area contributed by atoms with Crippen LogP contribution in [0.15, 0.2) is 36.4 Å². The zero-order valence-corrected chi connectivity index (χ0v) is 12.3. The Morgan fingerprint density at radius 2 is 2.00 bits per heavy atom. The van der Waals surface area contributed by atoms with E-state index in [2.05, 4.69) is 5.32 Å². The fourth-order valence-electron chi connectivity index (χ4n) is 1.70. The van der Waals surface area contributed by atoms with Crippen LogP contribution in [0.3, 0.4) is 0 Å². The van der Waals surface area contributed by atoms with Gasteiger partial charge >= 0.3 is 5.97 Å². The number of aromatic carboxylic acids is 1. The lowest BCUT2D eigenvalue weighted by atomic mass is 10.2. The maximum Gasteiger partial charge on any atom is 0.338 e. The van der Waals surface area contributed by atoms with Gasteiger partial charge < -0.3 is 15.2 Å². The summed E-state index contributed by atoms with van der Waals surface area (Å²) in [6, 6.07) is 10.5. The van der Waals surface area contributed by atoms with Crippen molar-refractivity contribution in [2.75, 3.05) is 11.9 Å². The Balaban J connectivity index is 1.99. The number of rotatable bonds is 6. The van der Waals surface area contributed by atoms with Gasteiger partial charge in [0.15, 0.2) is 6.61 Å². The minimum Gasteiger partial charge on any atom is -0.484 e. The number of carboxylic acids is 1. The molecule has 0 bridgehead atoms. The average molecular weight is 305 g/mol. The SMILES string of the molecule is CCc1cc(C(=O)O)c(NC(=O)COc2ccccc2)s1. The molecule has 0 atom stereocenters. The van der Waals surface area contributed by atoms with Crippen molar-refractivity contribution in [2.45, 2.75) is 13.3 Å². The van der Waals surface area contributed by atoms with E-state index < -0.39 is 5.97 Å². The molecule has 0 aliphatic rings. The quantitative estimate of drug-likeness (QED) is 0.860. The highest BCUT2D eigenvalue weighted by Crippen LogP contribution is 2.28. The number of ether oxygens (including phenoxy) is 1. The number of hydrogen-bond acceptors (Lipinski definition) is 4. The van der Waals surface area contributed by atoms with Crippen molar-refractivity contribution in [1.29, 1.82) is 0 Å². The molecule has 2 rings (SSSR count). The second-order valence-electron chi connectivity index (χ2n) is 4.26. The Morgan fingerprint density at radius 3 is 2.62 bits per heavy atom. The summed E-state index contributed by atoms with van der Waals surface area (Å²) in [6.45, 7) is 1.77. The molecule has 0 aliphatic heterocycles. The molecule has 0 fully saturated rings. The van der Waals surface area contributed by atoms with Crippen LogP contribution < -0.4 is 10.1 Å². The third-order valence-corrected chi connectivity index (χ3v) is 3.92. The van der Waals surface area contributed by atoms with Crippen molar-refractivity contribution in [3.63, 3.8) is 0 Å². The maximum atomic E-state index is 11.8. The van der Waals surface area contributed by atoms with Crippen molar-refractivity contribution in [1.82, 2.24) is 0 Å². The summed E-state index contributed by atoms with van der Waals surface area (Å²) in [5, 5.41) is 12.1. The number of hydrogen-bond donors (Lipinski definition) is 2. The number of anilines is 1. The fraction of sp³-hybridized carbons (Fsp3) is 0.200. The Hall–Kier alpha value is -2.34. The minimum atomic E-state index is -1.05. The van der Waals surface area contributed by atoms with E-state index in [-0.39, 0.29) is 18.1 Å². The van der Waals surface area contributed by atoms with E-state index in [1.807, 2.05) is 25.1 Å². The highest BCUT2D eigenvalue weighted by atomic mass is 32.1. The van der Waals surface area contributed by atoms with Crippen molar-refractivity contribution in [2.24, 2.45) is 0 Å². The van der Waals surface area contributed by atoms with E-state index in [4.69, 9.17) is 9.84 Å². The van der Waals surface area contributed by atoms with Gasteiger partial charge in [0.2, 0.25) is 0 Å². The zero-order valence-electron chi connectivity index (χ0n) is 11.5. The molecule has 1 aromatic carbocycles. The normalized spacial score (nSPS) is 10.1. The molecule has 2 N–H and O–H groups in total. The van der Waals surface area contributed by atoms with Gasteiger partial charge in [-0.3, -0.25) is 4.79 Å². The van der Waals surface area contributed by atoms with Gasteiger partial charge in [0.1, 0.15) is 10.8 Å². The molecular formula is C15H15NO4S. The Morgan fingerprint density at radius 1 is 1.29 bits per heavy atom. The first-order chi connectivity index (χ1) is 10.1. The summed E-state index contributed by atoms with van der Waals surface area (Å²) in [4.78, 5) is 23.9. The lowest BCUT2D eigenvalue weighted by Gasteiger charge is -2.06. The second-order valence-corrected chi connectivity index (χ2v) is 5.40. The third kappa shape index (κ3) is 4.06. The van der Waals surface area contributed by atoms with Crippen LogP contribution in [0.4, 0.5) is 5.00 Å². The van der Waals surface area contributed by atoms with Crippen LogP contribution in [0.5, 0.6) is 5.75 Å². The second kappa shape index (κ2) is 6.90. The molecule has 21 heavy (non-hydrogen) atoms. The minimum absolute atomic E-state index is 0.116. The molecule has 5 nitrogen and oxygen atoms in total. The highest BCUT2D eigenvalue weighted by molar-refractivity contribution is 7.16. The van der Waals surface area contributed by atoms with Gasteiger partial charge in [-0.15, -0.1) is 11.3 Å². The molecule has 6 heteroatoms. The number of para-hydroxylation sites is 1. The van der Waals surface area contributed by atoms with Gasteiger partial charge in [-0.05, 0) is 24.6 Å². The summed E-state index contributed by atoms with van der Waals surface area (Å²) in [5.41, 5.74) is 0.116. The Labute approximate surface area is 126 Å². The predicted octanol–water partition coefficient (Wildman–Crippen LogP) is 3.03. The number of nitrogens with one attached hydrogen (secondary N) is 1. The van der Waals surface area contributed by atoms with E-state index in [9.17, 15) is 9.59 Å². The van der Waals surface area contributed by atoms with Crippen LogP contribution >= 0.6 is 11.3 Å². The molecule has 1 aromatic heterocycles. The number of carbonyl (C=O) groups excluding carboxylic acids is 1. The zero-order chi connectivity index (χ0) is 15.2.